The first kappa shape index (κ1) is 13.4. The Kier molecular flexibility index (Phi) is 3.84. The van der Waals surface area contributed by atoms with Gasteiger partial charge >= 0.3 is 0 Å². The predicted octanol–water partition coefficient (Wildman–Crippen LogP) is 2.87. The number of hydrogen-bond acceptors (Lipinski definition) is 2. The summed E-state index contributed by atoms with van der Waals surface area (Å²) < 4.78 is 0. The van der Waals surface area contributed by atoms with E-state index in [0.717, 1.165) is 11.8 Å². The number of likely N-dealkylation sites (tertiary alicyclic amines) is 1. The largest absolute Gasteiger partial charge is 0.326 e. The van der Waals surface area contributed by atoms with Gasteiger partial charge in [-0.05, 0) is 49.5 Å². The minimum atomic E-state index is 0.416. The van der Waals surface area contributed by atoms with Crippen molar-refractivity contribution in [3.8, 4) is 0 Å². The Morgan fingerprint density at radius 2 is 1.94 bits per heavy atom. The fourth-order valence-electron chi connectivity index (χ4n) is 3.66. The van der Waals surface area contributed by atoms with Gasteiger partial charge in [0, 0.05) is 18.6 Å². The van der Waals surface area contributed by atoms with Crippen LogP contribution in [0.25, 0.3) is 0 Å². The van der Waals surface area contributed by atoms with E-state index in [1.54, 1.807) is 0 Å². The van der Waals surface area contributed by atoms with E-state index in [1.807, 2.05) is 0 Å². The Morgan fingerprint density at radius 1 is 1.24 bits per heavy atom. The monoisotopic (exact) mass is 238 g/mol. The van der Waals surface area contributed by atoms with E-state index in [2.05, 4.69) is 32.6 Å². The first-order valence-corrected chi connectivity index (χ1v) is 7.39. The van der Waals surface area contributed by atoms with Gasteiger partial charge in [0.1, 0.15) is 0 Å². The molecule has 0 spiro atoms. The Labute approximate surface area is 107 Å². The molecule has 3 atom stereocenters. The van der Waals surface area contributed by atoms with Crippen LogP contribution in [0.15, 0.2) is 0 Å². The second-order valence-corrected chi connectivity index (χ2v) is 7.43. The molecule has 1 aliphatic heterocycles. The fourth-order valence-corrected chi connectivity index (χ4v) is 3.66. The van der Waals surface area contributed by atoms with Gasteiger partial charge in [-0.2, -0.15) is 0 Å². The van der Waals surface area contributed by atoms with E-state index in [1.165, 1.54) is 38.8 Å². The zero-order valence-electron chi connectivity index (χ0n) is 12.1. The molecule has 1 aliphatic carbocycles. The van der Waals surface area contributed by atoms with E-state index in [0.29, 0.717) is 17.5 Å². The lowest BCUT2D eigenvalue weighted by atomic mass is 9.76. The summed E-state index contributed by atoms with van der Waals surface area (Å²) in [5, 5.41) is 0. The molecule has 0 bridgehead atoms. The molecular weight excluding hydrogens is 208 g/mol. The van der Waals surface area contributed by atoms with Gasteiger partial charge in [0.2, 0.25) is 0 Å². The third-order valence-corrected chi connectivity index (χ3v) is 5.03. The highest BCUT2D eigenvalue weighted by molar-refractivity contribution is 4.94. The van der Waals surface area contributed by atoms with Gasteiger partial charge in [-0.3, -0.25) is 4.90 Å². The van der Waals surface area contributed by atoms with Crippen LogP contribution in [0.3, 0.4) is 0 Å². The average molecular weight is 238 g/mol. The minimum absolute atomic E-state index is 0.416. The number of nitrogens with zero attached hydrogens (tertiary/aromatic N) is 1. The van der Waals surface area contributed by atoms with Crippen LogP contribution in [-0.2, 0) is 0 Å². The molecular formula is C15H30N2. The van der Waals surface area contributed by atoms with Crippen molar-refractivity contribution in [1.29, 1.82) is 0 Å². The molecule has 0 aromatic carbocycles. The van der Waals surface area contributed by atoms with Crippen molar-refractivity contribution in [3.05, 3.63) is 0 Å². The van der Waals surface area contributed by atoms with Crippen LogP contribution in [0, 0.1) is 17.3 Å². The normalized spacial score (nSPS) is 38.8. The highest BCUT2D eigenvalue weighted by Gasteiger charge is 2.38. The van der Waals surface area contributed by atoms with Gasteiger partial charge in [-0.25, -0.2) is 0 Å². The van der Waals surface area contributed by atoms with E-state index >= 15 is 0 Å². The maximum absolute atomic E-state index is 6.37. The summed E-state index contributed by atoms with van der Waals surface area (Å²) in [7, 11) is 0. The lowest BCUT2D eigenvalue weighted by Crippen LogP contribution is -2.51. The molecule has 2 N–H and O–H groups in total. The Balaban J connectivity index is 1.99. The Hall–Kier alpha value is -0.0800. The quantitative estimate of drug-likeness (QED) is 0.801. The summed E-state index contributed by atoms with van der Waals surface area (Å²) in [6.07, 6.45) is 5.23. The van der Waals surface area contributed by atoms with E-state index < -0.39 is 0 Å². The third-order valence-electron chi connectivity index (χ3n) is 5.03. The molecule has 2 fully saturated rings. The summed E-state index contributed by atoms with van der Waals surface area (Å²) in [5.41, 5.74) is 6.87. The Bertz CT molecular complexity index is 260. The van der Waals surface area contributed by atoms with Crippen LogP contribution in [0.5, 0.6) is 0 Å². The van der Waals surface area contributed by atoms with Crippen molar-refractivity contribution in [2.24, 2.45) is 23.0 Å². The lowest BCUT2D eigenvalue weighted by Gasteiger charge is -2.41. The van der Waals surface area contributed by atoms with Gasteiger partial charge in [0.05, 0.1) is 0 Å². The van der Waals surface area contributed by atoms with E-state index in [4.69, 9.17) is 5.73 Å². The summed E-state index contributed by atoms with van der Waals surface area (Å²) in [6.45, 7) is 12.0. The van der Waals surface area contributed by atoms with Crippen molar-refractivity contribution in [1.82, 2.24) is 4.90 Å². The van der Waals surface area contributed by atoms with Gasteiger partial charge in [0.25, 0.3) is 0 Å². The minimum Gasteiger partial charge on any atom is -0.326 e. The zero-order valence-corrected chi connectivity index (χ0v) is 12.1. The number of hydrogen-bond donors (Lipinski definition) is 1. The molecule has 100 valence electrons. The number of rotatable bonds is 2. The third kappa shape index (κ3) is 3.03. The second kappa shape index (κ2) is 4.89. The highest BCUT2D eigenvalue weighted by Crippen LogP contribution is 2.37. The molecule has 1 saturated heterocycles. The molecule has 1 saturated carbocycles. The molecule has 2 heteroatoms. The van der Waals surface area contributed by atoms with Crippen LogP contribution in [0.1, 0.15) is 53.4 Å². The fraction of sp³-hybridized carbons (Fsp3) is 1.00. The van der Waals surface area contributed by atoms with Crippen LogP contribution in [0.2, 0.25) is 0 Å². The average Bonchev–Trinajstić information content (AvgIpc) is 2.59. The van der Waals surface area contributed by atoms with E-state index in [-0.39, 0.29) is 0 Å². The first-order valence-electron chi connectivity index (χ1n) is 7.39. The molecule has 2 aliphatic rings. The summed E-state index contributed by atoms with van der Waals surface area (Å²) in [6, 6.07) is 1.07. The van der Waals surface area contributed by atoms with Crippen molar-refractivity contribution in [2.45, 2.75) is 65.5 Å². The zero-order chi connectivity index (χ0) is 12.6. The standard InChI is InChI=1S/C15H30N2/c1-11(2)12-5-6-13(16)14(9-12)17-8-7-15(3,4)10-17/h11-14H,5-10,16H2,1-4H3. The van der Waals surface area contributed by atoms with Crippen molar-refractivity contribution in [2.75, 3.05) is 13.1 Å². The molecule has 0 radical (unpaired) electrons. The molecule has 3 unspecified atom stereocenters. The van der Waals surface area contributed by atoms with Crippen LogP contribution >= 0.6 is 0 Å². The molecule has 2 rings (SSSR count). The molecule has 0 amide bonds. The van der Waals surface area contributed by atoms with Crippen LogP contribution in [0.4, 0.5) is 0 Å². The summed E-state index contributed by atoms with van der Waals surface area (Å²) >= 11 is 0. The Morgan fingerprint density at radius 3 is 2.47 bits per heavy atom. The van der Waals surface area contributed by atoms with Crippen LogP contribution in [-0.4, -0.2) is 30.1 Å². The van der Waals surface area contributed by atoms with Gasteiger partial charge in [-0.15, -0.1) is 0 Å². The first-order chi connectivity index (χ1) is 7.89. The van der Waals surface area contributed by atoms with Gasteiger partial charge in [-0.1, -0.05) is 27.7 Å². The molecule has 17 heavy (non-hydrogen) atoms. The molecule has 0 aromatic heterocycles. The number of nitrogens with two attached hydrogens (primary N) is 1. The SMILES string of the molecule is CC(C)C1CCC(N)C(N2CCC(C)(C)C2)C1. The topological polar surface area (TPSA) is 29.3 Å². The summed E-state index contributed by atoms with van der Waals surface area (Å²) in [4.78, 5) is 2.68. The molecule has 1 heterocycles. The molecule has 0 aromatic rings. The van der Waals surface area contributed by atoms with Gasteiger partial charge in [0.15, 0.2) is 0 Å². The second-order valence-electron chi connectivity index (χ2n) is 7.43. The highest BCUT2D eigenvalue weighted by atomic mass is 15.2. The van der Waals surface area contributed by atoms with E-state index in [9.17, 15) is 0 Å². The smallest absolute Gasteiger partial charge is 0.0250 e. The van der Waals surface area contributed by atoms with Crippen molar-refractivity contribution >= 4 is 0 Å². The summed E-state index contributed by atoms with van der Waals surface area (Å²) in [5.74, 6) is 1.71. The van der Waals surface area contributed by atoms with Crippen molar-refractivity contribution in [3.63, 3.8) is 0 Å². The lowest BCUT2D eigenvalue weighted by molar-refractivity contribution is 0.108. The van der Waals surface area contributed by atoms with Crippen molar-refractivity contribution < 1.29 is 0 Å². The van der Waals surface area contributed by atoms with Gasteiger partial charge < -0.3 is 5.73 Å². The van der Waals surface area contributed by atoms with Crippen LogP contribution < -0.4 is 5.73 Å². The molecule has 2 nitrogen and oxygen atoms in total. The maximum Gasteiger partial charge on any atom is 0.0250 e. The predicted molar refractivity (Wildman–Crippen MR) is 73.9 cm³/mol. The maximum atomic E-state index is 6.37.